The van der Waals surface area contributed by atoms with Crippen molar-refractivity contribution in [2.45, 2.75) is 13.8 Å². The molecular weight excluding hydrogens is 268 g/mol. The van der Waals surface area contributed by atoms with Crippen LogP contribution in [-0.2, 0) is 0 Å². The van der Waals surface area contributed by atoms with Gasteiger partial charge in [-0.2, -0.15) is 5.10 Å². The predicted octanol–water partition coefficient (Wildman–Crippen LogP) is 2.95. The van der Waals surface area contributed by atoms with Crippen LogP contribution in [0.5, 0.6) is 0 Å². The first-order valence-electron chi connectivity index (χ1n) is 4.91. The van der Waals surface area contributed by atoms with E-state index in [2.05, 4.69) is 21.0 Å². The fourth-order valence-corrected chi connectivity index (χ4v) is 1.98. The number of rotatable bonds is 1. The Hall–Kier alpha value is -1.42. The molecule has 2 aromatic rings. The zero-order chi connectivity index (χ0) is 11.7. The highest BCUT2D eigenvalue weighted by Crippen LogP contribution is 2.13. The van der Waals surface area contributed by atoms with E-state index in [1.165, 1.54) is 4.68 Å². The Morgan fingerprint density at radius 1 is 1.31 bits per heavy atom. The van der Waals surface area contributed by atoms with Crippen LogP contribution >= 0.6 is 15.9 Å². The summed E-state index contributed by atoms with van der Waals surface area (Å²) in [6.45, 7) is 3.74. The van der Waals surface area contributed by atoms with Crippen molar-refractivity contribution in [3.63, 3.8) is 0 Å². The molecule has 4 heteroatoms. The van der Waals surface area contributed by atoms with Gasteiger partial charge in [-0.05, 0) is 38.1 Å². The van der Waals surface area contributed by atoms with E-state index in [9.17, 15) is 4.79 Å². The fraction of sp³-hybridized carbons (Fsp3) is 0.167. The number of carbonyl (C=O) groups excluding carboxylic acids is 1. The van der Waals surface area contributed by atoms with Crippen LogP contribution in [0.2, 0.25) is 0 Å². The third-order valence-electron chi connectivity index (χ3n) is 2.27. The van der Waals surface area contributed by atoms with Gasteiger partial charge in [-0.3, -0.25) is 4.79 Å². The minimum absolute atomic E-state index is 0.105. The number of hydrogen-bond acceptors (Lipinski definition) is 2. The summed E-state index contributed by atoms with van der Waals surface area (Å²) in [6, 6.07) is 9.18. The number of aromatic nitrogens is 2. The van der Waals surface area contributed by atoms with Gasteiger partial charge in [-0.25, -0.2) is 4.68 Å². The predicted molar refractivity (Wildman–Crippen MR) is 65.6 cm³/mol. The molecule has 0 fully saturated rings. The van der Waals surface area contributed by atoms with Gasteiger partial charge in [0.15, 0.2) is 0 Å². The second-order valence-corrected chi connectivity index (χ2v) is 4.57. The van der Waals surface area contributed by atoms with E-state index in [1.54, 1.807) is 12.1 Å². The van der Waals surface area contributed by atoms with Crippen molar-refractivity contribution >= 4 is 21.8 Å². The van der Waals surface area contributed by atoms with Crippen LogP contribution in [0.25, 0.3) is 0 Å². The number of halogens is 1. The number of benzene rings is 1. The Labute approximate surface area is 102 Å². The summed E-state index contributed by atoms with van der Waals surface area (Å²) >= 11 is 3.34. The van der Waals surface area contributed by atoms with Crippen LogP contribution in [0, 0.1) is 13.8 Å². The lowest BCUT2D eigenvalue weighted by molar-refractivity contribution is 0.0942. The second kappa shape index (κ2) is 4.22. The van der Waals surface area contributed by atoms with Crippen LogP contribution in [0.4, 0.5) is 0 Å². The average molecular weight is 279 g/mol. The lowest BCUT2D eigenvalue weighted by Gasteiger charge is -2.03. The van der Waals surface area contributed by atoms with Gasteiger partial charge in [-0.1, -0.05) is 22.0 Å². The molecule has 0 saturated carbocycles. The smallest absolute Gasteiger partial charge is 0.267 e. The van der Waals surface area contributed by atoms with E-state index in [0.29, 0.717) is 5.56 Å². The highest BCUT2D eigenvalue weighted by molar-refractivity contribution is 9.10. The summed E-state index contributed by atoms with van der Waals surface area (Å²) in [6.07, 6.45) is 0. The van der Waals surface area contributed by atoms with E-state index in [4.69, 9.17) is 0 Å². The van der Waals surface area contributed by atoms with Crippen molar-refractivity contribution in [1.29, 1.82) is 0 Å². The number of carbonyl (C=O) groups is 1. The van der Waals surface area contributed by atoms with Gasteiger partial charge in [0.1, 0.15) is 0 Å². The molecule has 0 unspecified atom stereocenters. The van der Waals surface area contributed by atoms with Crippen molar-refractivity contribution in [3.8, 4) is 0 Å². The van der Waals surface area contributed by atoms with E-state index < -0.39 is 0 Å². The summed E-state index contributed by atoms with van der Waals surface area (Å²) in [5, 5.41) is 4.17. The zero-order valence-electron chi connectivity index (χ0n) is 9.07. The molecule has 3 nitrogen and oxygen atoms in total. The quantitative estimate of drug-likeness (QED) is 0.804. The average Bonchev–Trinajstić information content (AvgIpc) is 2.57. The van der Waals surface area contributed by atoms with Gasteiger partial charge in [0.2, 0.25) is 0 Å². The molecule has 0 amide bonds. The Morgan fingerprint density at radius 3 is 2.62 bits per heavy atom. The minimum Gasteiger partial charge on any atom is -0.267 e. The van der Waals surface area contributed by atoms with Crippen molar-refractivity contribution in [2.24, 2.45) is 0 Å². The molecule has 16 heavy (non-hydrogen) atoms. The summed E-state index contributed by atoms with van der Waals surface area (Å²) in [4.78, 5) is 12.1. The summed E-state index contributed by atoms with van der Waals surface area (Å²) in [7, 11) is 0. The molecule has 1 aromatic carbocycles. The Kier molecular flexibility index (Phi) is 2.92. The molecule has 0 atom stereocenters. The molecule has 0 saturated heterocycles. The van der Waals surface area contributed by atoms with Gasteiger partial charge in [0.25, 0.3) is 5.91 Å². The van der Waals surface area contributed by atoms with Gasteiger partial charge in [-0.15, -0.1) is 0 Å². The molecule has 0 N–H and O–H groups in total. The summed E-state index contributed by atoms with van der Waals surface area (Å²) < 4.78 is 2.32. The summed E-state index contributed by atoms with van der Waals surface area (Å²) in [5.41, 5.74) is 2.32. The van der Waals surface area contributed by atoms with Gasteiger partial charge < -0.3 is 0 Å². The zero-order valence-corrected chi connectivity index (χ0v) is 10.7. The maximum atomic E-state index is 12.1. The van der Waals surface area contributed by atoms with Crippen LogP contribution in [-0.4, -0.2) is 15.7 Å². The Bertz CT molecular complexity index is 546. The van der Waals surface area contributed by atoms with Crippen LogP contribution < -0.4 is 0 Å². The molecule has 82 valence electrons. The minimum atomic E-state index is -0.105. The van der Waals surface area contributed by atoms with E-state index in [1.807, 2.05) is 32.0 Å². The van der Waals surface area contributed by atoms with Crippen molar-refractivity contribution in [1.82, 2.24) is 9.78 Å². The standard InChI is InChI=1S/C12H11BrN2O/c1-8-6-9(2)15(14-8)12(16)10-4-3-5-11(13)7-10/h3-7H,1-2H3. The fourth-order valence-electron chi connectivity index (χ4n) is 1.58. The lowest BCUT2D eigenvalue weighted by Crippen LogP contribution is -2.15. The second-order valence-electron chi connectivity index (χ2n) is 3.65. The molecule has 1 aromatic heterocycles. The van der Waals surface area contributed by atoms with E-state index >= 15 is 0 Å². The monoisotopic (exact) mass is 278 g/mol. The van der Waals surface area contributed by atoms with Crippen molar-refractivity contribution in [3.05, 3.63) is 51.8 Å². The van der Waals surface area contributed by atoms with E-state index in [-0.39, 0.29) is 5.91 Å². The molecule has 0 aliphatic heterocycles. The van der Waals surface area contributed by atoms with E-state index in [0.717, 1.165) is 15.9 Å². The first kappa shape index (κ1) is 11.1. The topological polar surface area (TPSA) is 34.9 Å². The molecule has 2 rings (SSSR count). The maximum Gasteiger partial charge on any atom is 0.278 e. The summed E-state index contributed by atoms with van der Waals surface area (Å²) in [5.74, 6) is -0.105. The molecule has 0 aliphatic rings. The third-order valence-corrected chi connectivity index (χ3v) is 2.77. The van der Waals surface area contributed by atoms with Crippen LogP contribution in [0.3, 0.4) is 0 Å². The number of hydrogen-bond donors (Lipinski definition) is 0. The molecule has 0 bridgehead atoms. The van der Waals surface area contributed by atoms with Gasteiger partial charge in [0.05, 0.1) is 5.69 Å². The third kappa shape index (κ3) is 2.07. The largest absolute Gasteiger partial charge is 0.278 e. The van der Waals surface area contributed by atoms with Crippen molar-refractivity contribution < 1.29 is 4.79 Å². The molecule has 1 heterocycles. The SMILES string of the molecule is Cc1cc(C)n(C(=O)c2cccc(Br)c2)n1. The maximum absolute atomic E-state index is 12.1. The first-order valence-corrected chi connectivity index (χ1v) is 5.71. The lowest BCUT2D eigenvalue weighted by atomic mass is 10.2. The molecule has 0 radical (unpaired) electrons. The molecule has 0 spiro atoms. The highest BCUT2D eigenvalue weighted by Gasteiger charge is 2.12. The highest BCUT2D eigenvalue weighted by atomic mass is 79.9. The first-order chi connectivity index (χ1) is 7.58. The van der Waals surface area contributed by atoms with Gasteiger partial charge >= 0.3 is 0 Å². The van der Waals surface area contributed by atoms with Crippen LogP contribution in [0.15, 0.2) is 34.8 Å². The number of nitrogens with zero attached hydrogens (tertiary/aromatic N) is 2. The van der Waals surface area contributed by atoms with Gasteiger partial charge in [0, 0.05) is 15.7 Å². The van der Waals surface area contributed by atoms with Crippen LogP contribution in [0.1, 0.15) is 21.7 Å². The Morgan fingerprint density at radius 2 is 2.06 bits per heavy atom. The Balaban J connectivity index is 2.43. The van der Waals surface area contributed by atoms with Crippen molar-refractivity contribution in [2.75, 3.05) is 0 Å². The normalized spacial score (nSPS) is 10.4. The molecule has 0 aliphatic carbocycles. The molecular formula is C12H11BrN2O. The number of aryl methyl sites for hydroxylation is 2.